The van der Waals surface area contributed by atoms with Crippen molar-refractivity contribution in [2.45, 2.75) is 28.3 Å². The van der Waals surface area contributed by atoms with Crippen LogP contribution in [0.1, 0.15) is 6.42 Å². The molecule has 1 saturated carbocycles. The molecule has 4 aromatic rings. The molecule has 2 aromatic carbocycles. The van der Waals surface area contributed by atoms with Crippen molar-refractivity contribution in [3.8, 4) is 22.5 Å². The van der Waals surface area contributed by atoms with Gasteiger partial charge in [-0.25, -0.2) is 31.7 Å². The maximum absolute atomic E-state index is 13.1. The molecule has 16 heteroatoms. The number of aromatic amines is 1. The number of primary sulfonamides is 1. The Bertz CT molecular complexity index is 1600. The van der Waals surface area contributed by atoms with Crippen molar-refractivity contribution < 1.29 is 16.8 Å². The lowest BCUT2D eigenvalue weighted by Gasteiger charge is -2.16. The summed E-state index contributed by atoms with van der Waals surface area (Å²) in [7, 11) is -8.90. The molecule has 172 valence electrons. The van der Waals surface area contributed by atoms with Crippen molar-refractivity contribution in [1.82, 2.24) is 30.3 Å². The number of aromatic nitrogens is 5. The lowest BCUT2D eigenvalue weighted by atomic mass is 9.98. The van der Waals surface area contributed by atoms with Crippen LogP contribution in [0, 0.1) is 0 Å². The minimum atomic E-state index is -4.60. The molecule has 0 spiro atoms. The van der Waals surface area contributed by atoms with E-state index < -0.39 is 35.9 Å². The van der Waals surface area contributed by atoms with Crippen molar-refractivity contribution in [1.29, 1.82) is 0 Å². The van der Waals surface area contributed by atoms with Gasteiger partial charge in [0.15, 0.2) is 5.13 Å². The van der Waals surface area contributed by atoms with Crippen LogP contribution in [0.2, 0.25) is 0 Å². The number of nitrogens with zero attached hydrogens (tertiary/aromatic N) is 4. The van der Waals surface area contributed by atoms with Gasteiger partial charge >= 0.3 is 0 Å². The second kappa shape index (κ2) is 7.51. The van der Waals surface area contributed by atoms with Crippen molar-refractivity contribution in [3.63, 3.8) is 0 Å². The lowest BCUT2D eigenvalue weighted by molar-refractivity contribution is 0.572. The first kappa shape index (κ1) is 21.8. The number of hydrogen-bond acceptors (Lipinski definition) is 11. The second-order valence-electron chi connectivity index (χ2n) is 7.43. The van der Waals surface area contributed by atoms with E-state index in [2.05, 4.69) is 30.3 Å². The number of H-pyrrole nitrogens is 1. The minimum absolute atomic E-state index is 0.131. The molecule has 0 saturated heterocycles. The van der Waals surface area contributed by atoms with Gasteiger partial charge in [0.05, 0.1) is 15.8 Å². The lowest BCUT2D eigenvalue weighted by Crippen LogP contribution is -2.31. The Kier molecular flexibility index (Phi) is 4.96. The van der Waals surface area contributed by atoms with Crippen molar-refractivity contribution in [2.24, 2.45) is 10.9 Å². The summed E-state index contributed by atoms with van der Waals surface area (Å²) < 4.78 is 54.9. The maximum Gasteiger partial charge on any atom is 0.242 e. The highest BCUT2D eigenvalue weighted by molar-refractivity contribution is 7.92. The van der Waals surface area contributed by atoms with Crippen LogP contribution in [0.5, 0.6) is 0 Å². The molecule has 2 heterocycles. The number of thiazole rings is 1. The average molecular weight is 508 g/mol. The SMILES string of the molecule is Nc1nc2c(-c3ccc(S(=O)(=O)N[C@@H]4C[C@H]4N)c(S(N)(=O)=O)c3-c3nn[nH]n3)cccc2s1. The molecule has 13 nitrogen and oxygen atoms in total. The van der Waals surface area contributed by atoms with Crippen LogP contribution >= 0.6 is 11.3 Å². The van der Waals surface area contributed by atoms with E-state index in [1.165, 1.54) is 23.5 Å². The summed E-state index contributed by atoms with van der Waals surface area (Å²) in [5.41, 5.74) is 12.7. The molecule has 33 heavy (non-hydrogen) atoms. The van der Waals surface area contributed by atoms with E-state index in [4.69, 9.17) is 16.6 Å². The van der Waals surface area contributed by atoms with E-state index in [-0.39, 0.29) is 17.4 Å². The largest absolute Gasteiger partial charge is 0.375 e. The molecule has 0 bridgehead atoms. The molecule has 0 radical (unpaired) electrons. The second-order valence-corrected chi connectivity index (χ2v) is 11.7. The van der Waals surface area contributed by atoms with Crippen LogP contribution in [0.15, 0.2) is 40.1 Å². The van der Waals surface area contributed by atoms with E-state index in [0.717, 1.165) is 4.70 Å². The zero-order chi connectivity index (χ0) is 23.5. The van der Waals surface area contributed by atoms with Gasteiger partial charge in [0.1, 0.15) is 9.79 Å². The first-order valence-electron chi connectivity index (χ1n) is 9.43. The Balaban J connectivity index is 1.85. The van der Waals surface area contributed by atoms with Crippen LogP contribution in [-0.2, 0) is 20.0 Å². The van der Waals surface area contributed by atoms with E-state index in [0.29, 0.717) is 28.2 Å². The van der Waals surface area contributed by atoms with E-state index >= 15 is 0 Å². The Morgan fingerprint density at radius 1 is 1.12 bits per heavy atom. The number of anilines is 1. The third kappa shape index (κ3) is 3.85. The molecule has 5 rings (SSSR count). The third-order valence-electron chi connectivity index (χ3n) is 5.14. The van der Waals surface area contributed by atoms with E-state index in [9.17, 15) is 16.8 Å². The molecule has 0 amide bonds. The number of para-hydroxylation sites is 1. The Morgan fingerprint density at radius 2 is 1.88 bits per heavy atom. The minimum Gasteiger partial charge on any atom is -0.375 e. The fourth-order valence-electron chi connectivity index (χ4n) is 3.57. The predicted molar refractivity (Wildman–Crippen MR) is 121 cm³/mol. The Hall–Kier alpha value is -3.02. The highest BCUT2D eigenvalue weighted by Gasteiger charge is 2.40. The molecular weight excluding hydrogens is 490 g/mol. The zero-order valence-corrected chi connectivity index (χ0v) is 19.1. The zero-order valence-electron chi connectivity index (χ0n) is 16.6. The molecular formula is C17H17N9O4S3. The fourth-order valence-corrected chi connectivity index (χ4v) is 7.23. The van der Waals surface area contributed by atoms with Gasteiger partial charge in [-0.2, -0.15) is 5.21 Å². The van der Waals surface area contributed by atoms with Crippen molar-refractivity contribution >= 4 is 46.7 Å². The monoisotopic (exact) mass is 507 g/mol. The van der Waals surface area contributed by atoms with E-state index in [1.807, 2.05) is 6.07 Å². The molecule has 1 fully saturated rings. The summed E-state index contributed by atoms with van der Waals surface area (Å²) >= 11 is 1.25. The van der Waals surface area contributed by atoms with Gasteiger partial charge in [-0.15, -0.1) is 10.2 Å². The molecule has 1 aliphatic rings. The van der Waals surface area contributed by atoms with Crippen LogP contribution in [0.25, 0.3) is 32.7 Å². The summed E-state index contributed by atoms with van der Waals surface area (Å²) in [6.07, 6.45) is 0.437. The first-order valence-corrected chi connectivity index (χ1v) is 13.3. The number of nitrogens with two attached hydrogens (primary N) is 3. The number of hydrogen-bond donors (Lipinski definition) is 5. The van der Waals surface area contributed by atoms with Crippen LogP contribution in [0.3, 0.4) is 0 Å². The number of nitrogens with one attached hydrogen (secondary N) is 2. The summed E-state index contributed by atoms with van der Waals surface area (Å²) in [5.74, 6) is -0.158. The fraction of sp³-hybridized carbons (Fsp3) is 0.176. The van der Waals surface area contributed by atoms with Gasteiger partial charge in [0.25, 0.3) is 0 Å². The average Bonchev–Trinajstić information content (AvgIpc) is 3.13. The number of fused-ring (bicyclic) bond motifs is 1. The molecule has 8 N–H and O–H groups in total. The van der Waals surface area contributed by atoms with Gasteiger partial charge in [0, 0.05) is 17.6 Å². The summed E-state index contributed by atoms with van der Waals surface area (Å²) in [6, 6.07) is 7.03. The Morgan fingerprint density at radius 3 is 2.52 bits per heavy atom. The van der Waals surface area contributed by atoms with Crippen LogP contribution in [0.4, 0.5) is 5.13 Å². The first-order chi connectivity index (χ1) is 15.6. The van der Waals surface area contributed by atoms with Gasteiger partial charge in [0.2, 0.25) is 25.9 Å². The molecule has 2 aromatic heterocycles. The summed E-state index contributed by atoms with van der Waals surface area (Å²) in [4.78, 5) is 3.13. The smallest absolute Gasteiger partial charge is 0.242 e. The highest BCUT2D eigenvalue weighted by Crippen LogP contribution is 2.42. The molecule has 1 aliphatic carbocycles. The number of rotatable bonds is 6. The maximum atomic E-state index is 13.1. The molecule has 2 atom stereocenters. The van der Waals surface area contributed by atoms with Gasteiger partial charge in [-0.1, -0.05) is 29.5 Å². The standard InChI is InChI=1S/C17H17N9O4S3/c18-9-6-10(9)24-33(29,30)12-5-4-7(8-2-1-3-11-14(8)21-17(19)31-11)13(15(12)32(20,27)28)16-22-25-26-23-16/h1-5,9-10,24H,6,18H2,(H2,19,21)(H2,20,27,28)(H,22,23,25,26)/t9-,10-/m1/s1. The Labute approximate surface area is 191 Å². The van der Waals surface area contributed by atoms with Gasteiger partial charge in [-0.3, -0.25) is 0 Å². The molecule has 0 unspecified atom stereocenters. The van der Waals surface area contributed by atoms with Gasteiger partial charge in [-0.05, 0) is 29.3 Å². The van der Waals surface area contributed by atoms with Crippen LogP contribution in [-0.4, -0.2) is 54.5 Å². The third-order valence-corrected chi connectivity index (χ3v) is 8.64. The van der Waals surface area contributed by atoms with Crippen molar-refractivity contribution in [3.05, 3.63) is 30.3 Å². The predicted octanol–water partition coefficient (Wildman–Crippen LogP) is -0.249. The topological polar surface area (TPSA) is 226 Å². The summed E-state index contributed by atoms with van der Waals surface area (Å²) in [5, 5.41) is 19.4. The number of tetrazole rings is 1. The number of benzene rings is 2. The van der Waals surface area contributed by atoms with E-state index in [1.54, 1.807) is 12.1 Å². The highest BCUT2D eigenvalue weighted by atomic mass is 32.2. The van der Waals surface area contributed by atoms with Gasteiger partial charge < -0.3 is 11.5 Å². The number of nitrogen functional groups attached to an aromatic ring is 1. The molecule has 0 aliphatic heterocycles. The van der Waals surface area contributed by atoms with Crippen molar-refractivity contribution in [2.75, 3.05) is 5.73 Å². The quantitative estimate of drug-likeness (QED) is 0.230. The number of sulfonamides is 2. The van der Waals surface area contributed by atoms with Crippen LogP contribution < -0.4 is 21.3 Å². The normalized spacial score (nSPS) is 18.6. The summed E-state index contributed by atoms with van der Waals surface area (Å²) in [6.45, 7) is 0.